The zero-order chi connectivity index (χ0) is 12.7. The summed E-state index contributed by atoms with van der Waals surface area (Å²) in [5.74, 6) is -0.329. The van der Waals surface area contributed by atoms with Crippen LogP contribution in [0.4, 0.5) is 0 Å². The van der Waals surface area contributed by atoms with E-state index in [0.29, 0.717) is 22.9 Å². The SMILES string of the molecule is Cc1nc2nc(C)c(C(C)C(=O)O)c(C)n2n1. The highest BCUT2D eigenvalue weighted by atomic mass is 16.4. The Morgan fingerprint density at radius 2 is 1.94 bits per heavy atom. The monoisotopic (exact) mass is 234 g/mol. The Bertz CT molecular complexity index is 603. The first-order valence-corrected chi connectivity index (χ1v) is 5.35. The van der Waals surface area contributed by atoms with Crippen LogP contribution in [0.3, 0.4) is 0 Å². The molecule has 0 fully saturated rings. The third-order valence-electron chi connectivity index (χ3n) is 2.86. The number of carboxylic acid groups (broad SMARTS) is 1. The smallest absolute Gasteiger partial charge is 0.310 e. The average molecular weight is 234 g/mol. The minimum atomic E-state index is -0.866. The number of aliphatic carboxylic acids is 1. The third kappa shape index (κ3) is 1.75. The van der Waals surface area contributed by atoms with Gasteiger partial charge < -0.3 is 5.11 Å². The van der Waals surface area contributed by atoms with Crippen LogP contribution in [0.5, 0.6) is 0 Å². The predicted octanol–water partition coefficient (Wildman–Crippen LogP) is 1.24. The van der Waals surface area contributed by atoms with Crippen molar-refractivity contribution in [2.24, 2.45) is 0 Å². The van der Waals surface area contributed by atoms with Gasteiger partial charge >= 0.3 is 5.97 Å². The van der Waals surface area contributed by atoms with E-state index in [1.807, 2.05) is 6.92 Å². The molecule has 0 aliphatic heterocycles. The number of fused-ring (bicyclic) bond motifs is 1. The lowest BCUT2D eigenvalue weighted by Gasteiger charge is -2.13. The normalized spacial score (nSPS) is 12.9. The molecule has 0 saturated heterocycles. The van der Waals surface area contributed by atoms with E-state index in [-0.39, 0.29) is 0 Å². The summed E-state index contributed by atoms with van der Waals surface area (Å²) in [6.07, 6.45) is 0. The molecule has 0 spiro atoms. The quantitative estimate of drug-likeness (QED) is 0.845. The van der Waals surface area contributed by atoms with Gasteiger partial charge in [0.2, 0.25) is 0 Å². The van der Waals surface area contributed by atoms with Crippen LogP contribution < -0.4 is 0 Å². The summed E-state index contributed by atoms with van der Waals surface area (Å²) < 4.78 is 1.59. The van der Waals surface area contributed by atoms with E-state index in [4.69, 9.17) is 5.11 Å². The minimum Gasteiger partial charge on any atom is -0.481 e. The van der Waals surface area contributed by atoms with Crippen LogP contribution in [0.1, 0.15) is 35.6 Å². The van der Waals surface area contributed by atoms with Gasteiger partial charge in [0.1, 0.15) is 5.82 Å². The van der Waals surface area contributed by atoms with Crippen molar-refractivity contribution in [2.75, 3.05) is 0 Å². The second kappa shape index (κ2) is 3.80. The Morgan fingerprint density at radius 3 is 2.53 bits per heavy atom. The molecule has 1 atom stereocenters. The van der Waals surface area contributed by atoms with Crippen LogP contribution in [0, 0.1) is 20.8 Å². The van der Waals surface area contributed by atoms with Crippen molar-refractivity contribution >= 4 is 11.7 Å². The number of aromatic nitrogens is 4. The fraction of sp³-hybridized carbons (Fsp3) is 0.455. The molecule has 0 aromatic carbocycles. The van der Waals surface area contributed by atoms with Crippen molar-refractivity contribution in [3.05, 3.63) is 22.8 Å². The molecule has 2 heterocycles. The number of hydrogen-bond acceptors (Lipinski definition) is 4. The van der Waals surface area contributed by atoms with E-state index in [1.165, 1.54) is 0 Å². The Labute approximate surface area is 98.3 Å². The first-order chi connectivity index (χ1) is 7.91. The lowest BCUT2D eigenvalue weighted by Crippen LogP contribution is -2.14. The number of rotatable bonds is 2. The highest BCUT2D eigenvalue weighted by Crippen LogP contribution is 2.23. The molecule has 2 aromatic rings. The van der Waals surface area contributed by atoms with Crippen LogP contribution in [-0.2, 0) is 4.79 Å². The molecule has 1 unspecified atom stereocenters. The summed E-state index contributed by atoms with van der Waals surface area (Å²) in [5, 5.41) is 13.3. The molecule has 0 radical (unpaired) electrons. The Kier molecular flexibility index (Phi) is 2.57. The van der Waals surface area contributed by atoms with Crippen LogP contribution >= 0.6 is 0 Å². The van der Waals surface area contributed by atoms with Crippen molar-refractivity contribution < 1.29 is 9.90 Å². The average Bonchev–Trinajstić information content (AvgIpc) is 2.58. The first kappa shape index (κ1) is 11.5. The molecule has 6 heteroatoms. The van der Waals surface area contributed by atoms with Gasteiger partial charge in [-0.3, -0.25) is 4.79 Å². The Balaban J connectivity index is 2.75. The lowest BCUT2D eigenvalue weighted by atomic mass is 9.98. The molecule has 0 amide bonds. The molecule has 0 bridgehead atoms. The van der Waals surface area contributed by atoms with Gasteiger partial charge in [-0.25, -0.2) is 9.50 Å². The van der Waals surface area contributed by atoms with Gasteiger partial charge in [-0.05, 0) is 27.7 Å². The number of nitrogens with zero attached hydrogens (tertiary/aromatic N) is 4. The zero-order valence-corrected chi connectivity index (χ0v) is 10.2. The largest absolute Gasteiger partial charge is 0.481 e. The molecule has 1 N–H and O–H groups in total. The Hall–Kier alpha value is -1.98. The zero-order valence-electron chi connectivity index (χ0n) is 10.2. The molecular formula is C11H14N4O2. The van der Waals surface area contributed by atoms with E-state index in [9.17, 15) is 4.79 Å². The second-order valence-corrected chi connectivity index (χ2v) is 4.13. The van der Waals surface area contributed by atoms with Gasteiger partial charge in [0.05, 0.1) is 5.92 Å². The van der Waals surface area contributed by atoms with Crippen molar-refractivity contribution in [2.45, 2.75) is 33.6 Å². The standard InChI is InChI=1S/C11H14N4O2/c1-5(10(16)17)9-6(2)12-11-13-8(4)14-15(11)7(9)3/h5H,1-4H3,(H,16,17). The van der Waals surface area contributed by atoms with E-state index in [0.717, 1.165) is 5.69 Å². The van der Waals surface area contributed by atoms with Gasteiger partial charge in [-0.2, -0.15) is 10.1 Å². The number of carbonyl (C=O) groups is 1. The van der Waals surface area contributed by atoms with Gasteiger partial charge in [-0.15, -0.1) is 0 Å². The maximum Gasteiger partial charge on any atom is 0.310 e. The van der Waals surface area contributed by atoms with E-state index >= 15 is 0 Å². The highest BCUT2D eigenvalue weighted by Gasteiger charge is 2.22. The summed E-state index contributed by atoms with van der Waals surface area (Å²) in [6, 6.07) is 0. The number of carboxylic acids is 1. The third-order valence-corrected chi connectivity index (χ3v) is 2.86. The predicted molar refractivity (Wildman–Crippen MR) is 61.0 cm³/mol. The van der Waals surface area contributed by atoms with Crippen molar-refractivity contribution in [3.8, 4) is 0 Å². The summed E-state index contributed by atoms with van der Waals surface area (Å²) in [6.45, 7) is 7.06. The van der Waals surface area contributed by atoms with Crippen LogP contribution in [-0.4, -0.2) is 30.7 Å². The summed E-state index contributed by atoms with van der Waals surface area (Å²) >= 11 is 0. The summed E-state index contributed by atoms with van der Waals surface area (Å²) in [4.78, 5) is 19.5. The minimum absolute atomic E-state index is 0.513. The topological polar surface area (TPSA) is 80.4 Å². The van der Waals surface area contributed by atoms with E-state index < -0.39 is 11.9 Å². The van der Waals surface area contributed by atoms with Crippen LogP contribution in [0.25, 0.3) is 5.78 Å². The molecule has 0 saturated carbocycles. The lowest BCUT2D eigenvalue weighted by molar-refractivity contribution is -0.138. The van der Waals surface area contributed by atoms with E-state index in [1.54, 1.807) is 25.3 Å². The van der Waals surface area contributed by atoms with Gasteiger partial charge in [0.25, 0.3) is 5.78 Å². The molecule has 2 rings (SSSR count). The molecule has 2 aromatic heterocycles. The fourth-order valence-electron chi connectivity index (χ4n) is 2.04. The van der Waals surface area contributed by atoms with Gasteiger partial charge in [-0.1, -0.05) is 0 Å². The van der Waals surface area contributed by atoms with E-state index in [2.05, 4.69) is 15.1 Å². The summed E-state index contributed by atoms with van der Waals surface area (Å²) in [5.41, 5.74) is 2.18. The first-order valence-electron chi connectivity index (χ1n) is 5.35. The van der Waals surface area contributed by atoms with Crippen molar-refractivity contribution in [3.63, 3.8) is 0 Å². The molecular weight excluding hydrogens is 220 g/mol. The number of aryl methyl sites for hydroxylation is 3. The molecule has 0 aliphatic carbocycles. The summed E-state index contributed by atoms with van der Waals surface area (Å²) in [7, 11) is 0. The Morgan fingerprint density at radius 1 is 1.29 bits per heavy atom. The highest BCUT2D eigenvalue weighted by molar-refractivity contribution is 5.76. The molecule has 6 nitrogen and oxygen atoms in total. The van der Waals surface area contributed by atoms with Crippen LogP contribution in [0.2, 0.25) is 0 Å². The van der Waals surface area contributed by atoms with Crippen molar-refractivity contribution in [1.29, 1.82) is 0 Å². The number of hydrogen-bond donors (Lipinski definition) is 1. The van der Waals surface area contributed by atoms with Crippen LogP contribution in [0.15, 0.2) is 0 Å². The second-order valence-electron chi connectivity index (χ2n) is 4.13. The maximum atomic E-state index is 11.1. The molecule has 0 aliphatic rings. The maximum absolute atomic E-state index is 11.1. The molecule has 90 valence electrons. The van der Waals surface area contributed by atoms with Crippen molar-refractivity contribution in [1.82, 2.24) is 19.6 Å². The van der Waals surface area contributed by atoms with Gasteiger partial charge in [0, 0.05) is 17.0 Å². The fourth-order valence-corrected chi connectivity index (χ4v) is 2.04. The molecule has 17 heavy (non-hydrogen) atoms. The van der Waals surface area contributed by atoms with Gasteiger partial charge in [0.15, 0.2) is 0 Å².